The van der Waals surface area contributed by atoms with Crippen molar-refractivity contribution in [2.75, 3.05) is 5.73 Å². The minimum absolute atomic E-state index is 0.272. The first kappa shape index (κ1) is 12.1. The van der Waals surface area contributed by atoms with Gasteiger partial charge in [0.05, 0.1) is 5.69 Å². The zero-order chi connectivity index (χ0) is 13.1. The number of oxazole rings is 1. The molecule has 0 radical (unpaired) electrons. The molecule has 0 bridgehead atoms. The number of aromatic nitrogens is 2. The number of nitrogens with two attached hydrogens (primary N) is 1. The summed E-state index contributed by atoms with van der Waals surface area (Å²) in [5, 5.41) is 2.74. The molecule has 0 saturated carbocycles. The second-order valence-electron chi connectivity index (χ2n) is 3.95. The smallest absolute Gasteiger partial charge is 0.273 e. The summed E-state index contributed by atoms with van der Waals surface area (Å²) >= 11 is 0. The molecule has 2 aromatic rings. The van der Waals surface area contributed by atoms with Gasteiger partial charge in [-0.3, -0.25) is 9.78 Å². The monoisotopic (exact) mass is 246 g/mol. The lowest BCUT2D eigenvalue weighted by atomic mass is 10.2. The topological polar surface area (TPSA) is 94.0 Å². The van der Waals surface area contributed by atoms with E-state index in [1.165, 1.54) is 0 Å². The van der Waals surface area contributed by atoms with Crippen molar-refractivity contribution in [3.8, 4) is 0 Å². The highest BCUT2D eigenvalue weighted by molar-refractivity contribution is 5.93. The lowest BCUT2D eigenvalue weighted by molar-refractivity contribution is 0.0945. The van der Waals surface area contributed by atoms with E-state index in [2.05, 4.69) is 15.3 Å². The van der Waals surface area contributed by atoms with Crippen LogP contribution in [0.4, 0.5) is 5.69 Å². The molecule has 0 atom stereocenters. The van der Waals surface area contributed by atoms with Crippen molar-refractivity contribution in [1.29, 1.82) is 0 Å². The predicted molar refractivity (Wildman–Crippen MR) is 65.8 cm³/mol. The van der Waals surface area contributed by atoms with E-state index >= 15 is 0 Å². The third-order valence-electron chi connectivity index (χ3n) is 2.39. The molecular formula is C12H14N4O2. The van der Waals surface area contributed by atoms with Crippen molar-refractivity contribution in [1.82, 2.24) is 15.3 Å². The Morgan fingerprint density at radius 3 is 2.83 bits per heavy atom. The second kappa shape index (κ2) is 4.87. The molecule has 0 aliphatic rings. The average molecular weight is 246 g/mol. The van der Waals surface area contributed by atoms with Gasteiger partial charge in [0, 0.05) is 25.9 Å². The van der Waals surface area contributed by atoms with Gasteiger partial charge < -0.3 is 15.5 Å². The SMILES string of the molecule is Cc1nc(C(=O)NCc2cncc(N)c2)c(C)o1. The number of carbonyl (C=O) groups excluding carboxylic acids is 1. The van der Waals surface area contributed by atoms with Gasteiger partial charge in [-0.1, -0.05) is 0 Å². The molecule has 0 unspecified atom stereocenters. The van der Waals surface area contributed by atoms with Crippen LogP contribution in [0.3, 0.4) is 0 Å². The summed E-state index contributed by atoms with van der Waals surface area (Å²) in [6.07, 6.45) is 3.20. The van der Waals surface area contributed by atoms with Crippen LogP contribution in [0.5, 0.6) is 0 Å². The molecule has 1 amide bonds. The van der Waals surface area contributed by atoms with Crippen LogP contribution in [0, 0.1) is 13.8 Å². The third-order valence-corrected chi connectivity index (χ3v) is 2.39. The number of rotatable bonds is 3. The molecule has 6 heteroatoms. The van der Waals surface area contributed by atoms with Crippen LogP contribution in [0.25, 0.3) is 0 Å². The van der Waals surface area contributed by atoms with Crippen molar-refractivity contribution in [2.45, 2.75) is 20.4 Å². The van der Waals surface area contributed by atoms with Gasteiger partial charge in [0.2, 0.25) is 0 Å². The Labute approximate surface area is 104 Å². The Bertz CT molecular complexity index is 577. The predicted octanol–water partition coefficient (Wildman–Crippen LogP) is 1.20. The van der Waals surface area contributed by atoms with Crippen LogP contribution >= 0.6 is 0 Å². The second-order valence-corrected chi connectivity index (χ2v) is 3.95. The van der Waals surface area contributed by atoms with E-state index in [1.807, 2.05) is 0 Å². The number of aryl methyl sites for hydroxylation is 2. The fourth-order valence-corrected chi connectivity index (χ4v) is 1.61. The lowest BCUT2D eigenvalue weighted by Gasteiger charge is -2.04. The summed E-state index contributed by atoms with van der Waals surface area (Å²) in [4.78, 5) is 19.8. The molecule has 0 saturated heterocycles. The number of anilines is 1. The minimum Gasteiger partial charge on any atom is -0.445 e. The maximum Gasteiger partial charge on any atom is 0.273 e. The molecular weight excluding hydrogens is 232 g/mol. The van der Waals surface area contributed by atoms with Gasteiger partial charge in [0.15, 0.2) is 11.6 Å². The van der Waals surface area contributed by atoms with Crippen LogP contribution in [0.2, 0.25) is 0 Å². The highest BCUT2D eigenvalue weighted by Gasteiger charge is 2.14. The van der Waals surface area contributed by atoms with E-state index in [4.69, 9.17) is 10.2 Å². The quantitative estimate of drug-likeness (QED) is 0.848. The van der Waals surface area contributed by atoms with Gasteiger partial charge in [-0.05, 0) is 18.6 Å². The number of nitrogen functional groups attached to an aromatic ring is 1. The number of hydrogen-bond acceptors (Lipinski definition) is 5. The summed E-state index contributed by atoms with van der Waals surface area (Å²) in [7, 11) is 0. The number of amides is 1. The maximum absolute atomic E-state index is 11.9. The van der Waals surface area contributed by atoms with Gasteiger partial charge in [-0.2, -0.15) is 0 Å². The van der Waals surface area contributed by atoms with E-state index in [0.29, 0.717) is 29.6 Å². The molecule has 0 spiro atoms. The Morgan fingerprint density at radius 2 is 2.22 bits per heavy atom. The fraction of sp³-hybridized carbons (Fsp3) is 0.250. The average Bonchev–Trinajstić information content (AvgIpc) is 2.66. The van der Waals surface area contributed by atoms with Crippen molar-refractivity contribution < 1.29 is 9.21 Å². The zero-order valence-electron chi connectivity index (χ0n) is 10.2. The standard InChI is InChI=1S/C12H14N4O2/c1-7-11(16-8(2)18-7)12(17)15-5-9-3-10(13)6-14-4-9/h3-4,6H,5,13H2,1-2H3,(H,15,17). The van der Waals surface area contributed by atoms with E-state index in [0.717, 1.165) is 5.56 Å². The first-order valence-corrected chi connectivity index (χ1v) is 5.48. The van der Waals surface area contributed by atoms with Crippen LogP contribution in [0.1, 0.15) is 27.7 Å². The van der Waals surface area contributed by atoms with Crippen molar-refractivity contribution >= 4 is 11.6 Å². The summed E-state index contributed by atoms with van der Waals surface area (Å²) in [5.74, 6) is 0.714. The Kier molecular flexibility index (Phi) is 3.27. The largest absolute Gasteiger partial charge is 0.445 e. The van der Waals surface area contributed by atoms with Gasteiger partial charge in [0.25, 0.3) is 5.91 Å². The van der Waals surface area contributed by atoms with Crippen molar-refractivity contribution in [3.05, 3.63) is 41.4 Å². The van der Waals surface area contributed by atoms with Crippen LogP contribution in [-0.4, -0.2) is 15.9 Å². The highest BCUT2D eigenvalue weighted by Crippen LogP contribution is 2.09. The molecule has 0 aliphatic heterocycles. The van der Waals surface area contributed by atoms with E-state index in [1.54, 1.807) is 32.3 Å². The highest BCUT2D eigenvalue weighted by atomic mass is 16.4. The van der Waals surface area contributed by atoms with Gasteiger partial charge in [-0.25, -0.2) is 4.98 Å². The van der Waals surface area contributed by atoms with Crippen LogP contribution in [-0.2, 0) is 6.54 Å². The number of hydrogen-bond donors (Lipinski definition) is 2. The molecule has 18 heavy (non-hydrogen) atoms. The van der Waals surface area contributed by atoms with E-state index < -0.39 is 0 Å². The summed E-state index contributed by atoms with van der Waals surface area (Å²) in [6, 6.07) is 1.76. The number of nitrogens with one attached hydrogen (secondary N) is 1. The normalized spacial score (nSPS) is 10.3. The molecule has 6 nitrogen and oxygen atoms in total. The van der Waals surface area contributed by atoms with Gasteiger partial charge in [-0.15, -0.1) is 0 Å². The zero-order valence-corrected chi connectivity index (χ0v) is 10.2. The number of pyridine rings is 1. The molecule has 0 aromatic carbocycles. The number of carbonyl (C=O) groups is 1. The van der Waals surface area contributed by atoms with Crippen molar-refractivity contribution in [3.63, 3.8) is 0 Å². The van der Waals surface area contributed by atoms with Gasteiger partial charge >= 0.3 is 0 Å². The molecule has 3 N–H and O–H groups in total. The summed E-state index contributed by atoms with van der Waals surface area (Å²) in [6.45, 7) is 3.75. The minimum atomic E-state index is -0.272. The molecule has 94 valence electrons. The van der Waals surface area contributed by atoms with Crippen LogP contribution < -0.4 is 11.1 Å². The Balaban J connectivity index is 2.03. The fourth-order valence-electron chi connectivity index (χ4n) is 1.61. The third kappa shape index (κ3) is 2.65. The van der Waals surface area contributed by atoms with Crippen molar-refractivity contribution in [2.24, 2.45) is 0 Å². The van der Waals surface area contributed by atoms with Gasteiger partial charge in [0.1, 0.15) is 5.76 Å². The lowest BCUT2D eigenvalue weighted by Crippen LogP contribution is -2.24. The summed E-state index contributed by atoms with van der Waals surface area (Å²) < 4.78 is 5.20. The molecule has 0 fully saturated rings. The first-order chi connectivity index (χ1) is 8.56. The Morgan fingerprint density at radius 1 is 1.44 bits per heavy atom. The van der Waals surface area contributed by atoms with Crippen LogP contribution in [0.15, 0.2) is 22.9 Å². The maximum atomic E-state index is 11.9. The number of nitrogens with zero attached hydrogens (tertiary/aromatic N) is 2. The Hall–Kier alpha value is -2.37. The molecule has 2 heterocycles. The van der Waals surface area contributed by atoms with E-state index in [9.17, 15) is 4.79 Å². The first-order valence-electron chi connectivity index (χ1n) is 5.48. The molecule has 0 aliphatic carbocycles. The molecule has 2 aromatic heterocycles. The molecule has 2 rings (SSSR count). The summed E-state index contributed by atoms with van der Waals surface area (Å²) in [5.41, 5.74) is 7.31. The van der Waals surface area contributed by atoms with E-state index in [-0.39, 0.29) is 5.91 Å².